The lowest BCUT2D eigenvalue weighted by atomic mass is 9.75. The molecule has 0 saturated heterocycles. The van der Waals surface area contributed by atoms with Crippen LogP contribution >= 0.6 is 7.37 Å². The van der Waals surface area contributed by atoms with Crippen molar-refractivity contribution in [2.75, 3.05) is 0 Å². The molecule has 0 bridgehead atoms. The van der Waals surface area contributed by atoms with Crippen LogP contribution in [0.3, 0.4) is 0 Å². The number of rotatable bonds is 5. The van der Waals surface area contributed by atoms with E-state index in [1.165, 1.54) is 12.2 Å². The quantitative estimate of drug-likeness (QED) is 0.698. The van der Waals surface area contributed by atoms with E-state index >= 15 is 0 Å². The van der Waals surface area contributed by atoms with Gasteiger partial charge < -0.3 is 4.52 Å². The molecule has 1 aromatic carbocycles. The lowest BCUT2D eigenvalue weighted by Gasteiger charge is -2.38. The lowest BCUT2D eigenvalue weighted by Crippen LogP contribution is -2.34. The van der Waals surface area contributed by atoms with Gasteiger partial charge in [0, 0.05) is 5.30 Å². The van der Waals surface area contributed by atoms with Gasteiger partial charge in [-0.3, -0.25) is 4.57 Å². The molecule has 21 heavy (non-hydrogen) atoms. The summed E-state index contributed by atoms with van der Waals surface area (Å²) in [6.07, 6.45) is 3.47. The Morgan fingerprint density at radius 1 is 1.29 bits per heavy atom. The normalized spacial score (nSPS) is 29.0. The van der Waals surface area contributed by atoms with Crippen LogP contribution in [0.1, 0.15) is 40.0 Å². The second-order valence-corrected chi connectivity index (χ2v) is 8.87. The molecule has 1 aliphatic carbocycles. The smallest absolute Gasteiger partial charge is 0.253 e. The zero-order chi connectivity index (χ0) is 15.5. The van der Waals surface area contributed by atoms with Gasteiger partial charge in [0.05, 0.1) is 6.10 Å². The van der Waals surface area contributed by atoms with E-state index < -0.39 is 7.37 Å². The van der Waals surface area contributed by atoms with Gasteiger partial charge in [0.2, 0.25) is 0 Å². The van der Waals surface area contributed by atoms with Crippen LogP contribution in [0.5, 0.6) is 0 Å². The van der Waals surface area contributed by atoms with Crippen molar-refractivity contribution in [2.45, 2.75) is 46.1 Å². The standard InChI is InChI=1S/C18H27O2P/c1-5-21(19,16-9-7-6-8-10-16)20-18-13-15(4)11-12-17(18)14(2)3/h5-10,14-15,17-18H,1,11-13H2,2-4H3/t15-,17+,18-,21+/m1/s1. The summed E-state index contributed by atoms with van der Waals surface area (Å²) in [6.45, 7) is 10.5. The molecule has 116 valence electrons. The van der Waals surface area contributed by atoms with Gasteiger partial charge in [-0.1, -0.05) is 52.0 Å². The van der Waals surface area contributed by atoms with Gasteiger partial charge >= 0.3 is 0 Å². The molecule has 0 N–H and O–H groups in total. The molecule has 0 unspecified atom stereocenters. The topological polar surface area (TPSA) is 26.3 Å². The molecule has 0 amide bonds. The summed E-state index contributed by atoms with van der Waals surface area (Å²) >= 11 is 0. The SMILES string of the molecule is C=C[P@](=O)(O[C@@H]1C[C@H](C)CC[C@H]1C(C)C)c1ccccc1. The first kappa shape index (κ1) is 16.5. The molecule has 0 aromatic heterocycles. The second kappa shape index (κ2) is 6.94. The Balaban J connectivity index is 2.23. The van der Waals surface area contributed by atoms with Crippen molar-refractivity contribution in [1.82, 2.24) is 0 Å². The summed E-state index contributed by atoms with van der Waals surface area (Å²) < 4.78 is 19.4. The summed E-state index contributed by atoms with van der Waals surface area (Å²) in [6, 6.07) is 9.48. The molecule has 1 aromatic rings. The van der Waals surface area contributed by atoms with Crippen LogP contribution in [-0.2, 0) is 9.09 Å². The van der Waals surface area contributed by atoms with Crippen molar-refractivity contribution in [3.63, 3.8) is 0 Å². The Labute approximate surface area is 129 Å². The van der Waals surface area contributed by atoms with Crippen LogP contribution in [-0.4, -0.2) is 6.10 Å². The second-order valence-electron chi connectivity index (χ2n) is 6.59. The van der Waals surface area contributed by atoms with Gasteiger partial charge in [0.25, 0.3) is 7.37 Å². The van der Waals surface area contributed by atoms with E-state index in [-0.39, 0.29) is 6.10 Å². The summed E-state index contributed by atoms with van der Waals surface area (Å²) in [4.78, 5) is 0. The van der Waals surface area contributed by atoms with Gasteiger partial charge in [-0.25, -0.2) is 0 Å². The summed E-state index contributed by atoms with van der Waals surface area (Å²) in [5.41, 5.74) is 0. The van der Waals surface area contributed by atoms with Gasteiger partial charge in [-0.05, 0) is 48.5 Å². The molecule has 1 fully saturated rings. The van der Waals surface area contributed by atoms with Crippen LogP contribution in [0.25, 0.3) is 0 Å². The monoisotopic (exact) mass is 306 g/mol. The van der Waals surface area contributed by atoms with Crippen molar-refractivity contribution in [3.8, 4) is 0 Å². The average Bonchev–Trinajstić information content (AvgIpc) is 2.47. The molecular weight excluding hydrogens is 279 g/mol. The zero-order valence-electron chi connectivity index (χ0n) is 13.4. The maximum Gasteiger partial charge on any atom is 0.253 e. The molecule has 0 aliphatic heterocycles. The largest absolute Gasteiger partial charge is 0.319 e. The minimum Gasteiger partial charge on any atom is -0.319 e. The number of benzene rings is 1. The molecule has 0 heterocycles. The lowest BCUT2D eigenvalue weighted by molar-refractivity contribution is 0.0512. The van der Waals surface area contributed by atoms with Crippen molar-refractivity contribution in [3.05, 3.63) is 42.7 Å². The third-order valence-electron chi connectivity index (χ3n) is 4.61. The van der Waals surface area contributed by atoms with E-state index in [0.29, 0.717) is 17.8 Å². The Kier molecular flexibility index (Phi) is 5.46. The number of hydrogen-bond donors (Lipinski definition) is 0. The van der Waals surface area contributed by atoms with Crippen LogP contribution in [0, 0.1) is 17.8 Å². The van der Waals surface area contributed by atoms with Gasteiger partial charge in [0.1, 0.15) is 0 Å². The molecule has 1 saturated carbocycles. The highest BCUT2D eigenvalue weighted by Gasteiger charge is 2.36. The first-order valence-corrected chi connectivity index (χ1v) is 9.63. The summed E-state index contributed by atoms with van der Waals surface area (Å²) in [5.74, 6) is 3.19. The maximum atomic E-state index is 13.2. The predicted octanol–water partition coefficient (Wildman–Crippen LogP) is 5.21. The van der Waals surface area contributed by atoms with E-state index in [1.807, 2.05) is 30.3 Å². The molecule has 3 heteroatoms. The fraction of sp³-hybridized carbons (Fsp3) is 0.556. The van der Waals surface area contributed by atoms with E-state index in [9.17, 15) is 4.57 Å². The Morgan fingerprint density at radius 2 is 1.95 bits per heavy atom. The molecule has 2 rings (SSSR count). The Morgan fingerprint density at radius 3 is 2.52 bits per heavy atom. The molecule has 0 spiro atoms. The summed E-state index contributed by atoms with van der Waals surface area (Å²) in [5, 5.41) is 0.751. The first-order chi connectivity index (χ1) is 9.96. The fourth-order valence-electron chi connectivity index (χ4n) is 3.28. The van der Waals surface area contributed by atoms with Gasteiger partial charge in [0.15, 0.2) is 0 Å². The highest BCUT2D eigenvalue weighted by Crippen LogP contribution is 2.51. The molecule has 4 atom stereocenters. The van der Waals surface area contributed by atoms with E-state index in [1.54, 1.807) is 0 Å². The fourth-order valence-corrected chi connectivity index (χ4v) is 4.93. The highest BCUT2D eigenvalue weighted by atomic mass is 31.2. The highest BCUT2D eigenvalue weighted by molar-refractivity contribution is 7.70. The van der Waals surface area contributed by atoms with Crippen molar-refractivity contribution < 1.29 is 9.09 Å². The molecule has 2 nitrogen and oxygen atoms in total. The average molecular weight is 306 g/mol. The van der Waals surface area contributed by atoms with Crippen LogP contribution in [0.4, 0.5) is 0 Å². The molecular formula is C18H27O2P. The number of hydrogen-bond acceptors (Lipinski definition) is 2. The summed E-state index contributed by atoms with van der Waals surface area (Å²) in [7, 11) is -2.96. The van der Waals surface area contributed by atoms with E-state index in [2.05, 4.69) is 27.4 Å². The van der Waals surface area contributed by atoms with E-state index in [4.69, 9.17) is 4.52 Å². The molecule has 0 radical (unpaired) electrons. The van der Waals surface area contributed by atoms with Crippen LogP contribution in [0.2, 0.25) is 0 Å². The third kappa shape index (κ3) is 3.87. The van der Waals surface area contributed by atoms with Crippen molar-refractivity contribution in [1.29, 1.82) is 0 Å². The van der Waals surface area contributed by atoms with Crippen LogP contribution < -0.4 is 5.30 Å². The van der Waals surface area contributed by atoms with Crippen molar-refractivity contribution in [2.24, 2.45) is 17.8 Å². The van der Waals surface area contributed by atoms with Gasteiger partial charge in [-0.2, -0.15) is 0 Å². The van der Waals surface area contributed by atoms with Gasteiger partial charge in [-0.15, -0.1) is 0 Å². The van der Waals surface area contributed by atoms with Crippen LogP contribution in [0.15, 0.2) is 42.7 Å². The van der Waals surface area contributed by atoms with Crippen molar-refractivity contribution >= 4 is 12.7 Å². The minimum absolute atomic E-state index is 0.0674. The first-order valence-electron chi connectivity index (χ1n) is 7.93. The zero-order valence-corrected chi connectivity index (χ0v) is 14.3. The Hall–Kier alpha value is -0.850. The Bertz CT molecular complexity index is 509. The predicted molar refractivity (Wildman–Crippen MR) is 90.1 cm³/mol. The third-order valence-corrected chi connectivity index (χ3v) is 6.69. The van der Waals surface area contributed by atoms with E-state index in [0.717, 1.165) is 18.1 Å². The minimum atomic E-state index is -2.96. The maximum absolute atomic E-state index is 13.2. The molecule has 1 aliphatic rings.